The van der Waals surface area contributed by atoms with Gasteiger partial charge in [-0.2, -0.15) is 9.90 Å². The smallest absolute Gasteiger partial charge is 0.153 e. The molecule has 260 valence electrons. The maximum atomic E-state index is 17.3. The first kappa shape index (κ1) is 36.1. The van der Waals surface area contributed by atoms with Gasteiger partial charge >= 0.3 is 219 Å². The number of thiol groups is 1. The summed E-state index contributed by atoms with van der Waals surface area (Å²) in [6.45, 7) is 2.26. The Morgan fingerprint density at radius 2 is 2.02 bits per heavy atom. The van der Waals surface area contributed by atoms with E-state index in [9.17, 15) is 9.50 Å². The second kappa shape index (κ2) is 13.6. The van der Waals surface area contributed by atoms with Crippen LogP contribution in [0, 0.1) is 21.0 Å². The molecule has 4 saturated heterocycles. The normalized spacial score (nSPS) is 26.3. The van der Waals surface area contributed by atoms with E-state index in [0.29, 0.717) is 41.5 Å². The Morgan fingerprint density at radius 1 is 1.18 bits per heavy atom. The number of halogens is 4. The van der Waals surface area contributed by atoms with Gasteiger partial charge < -0.3 is 18.8 Å². The topological polar surface area (TPSA) is 83.0 Å². The van der Waals surface area contributed by atoms with Crippen molar-refractivity contribution >= 4 is 88.3 Å². The van der Waals surface area contributed by atoms with Crippen LogP contribution in [0.3, 0.4) is 0 Å². The van der Waals surface area contributed by atoms with Crippen molar-refractivity contribution in [1.29, 1.82) is 0 Å². The molecule has 2 bridgehead atoms. The Kier molecular flexibility index (Phi) is 9.82. The summed E-state index contributed by atoms with van der Waals surface area (Å²) in [4.78, 5) is 13.9. The molecule has 4 aromatic rings. The van der Waals surface area contributed by atoms with Gasteiger partial charge in [-0.05, 0) is 32.2 Å². The fraction of sp³-hybridized carbons (Fsp3) is 0.429. The number of anilines is 1. The number of nitrogens with one attached hydrogen (secondary N) is 1. The maximum Gasteiger partial charge on any atom is -0.153 e. The largest absolute Gasteiger partial charge is 0.813 e. The SMILES string of the molecule is Oc1cc(-c2c(Cl)c3c4c(nc(OC[C@@]56CCCN5C[C@H](F)C6)nc4c2F)N2C[C@H]4CC[C@H](N4)[C@H]2CO3)c2c(C#[C][Tl])c(F)ccc2c1.P.[SH-]. The van der Waals surface area contributed by atoms with Crippen molar-refractivity contribution in [3.63, 3.8) is 0 Å². The minimum absolute atomic E-state index is 0. The zero-order chi connectivity index (χ0) is 32.9. The van der Waals surface area contributed by atoms with Crippen molar-refractivity contribution in [2.45, 2.75) is 61.9 Å². The number of ether oxygens (including phenoxy) is 2. The van der Waals surface area contributed by atoms with E-state index in [1.807, 2.05) is 0 Å². The number of benzene rings is 3. The summed E-state index contributed by atoms with van der Waals surface area (Å²) in [5.41, 5.74) is -0.331. The monoisotopic (exact) mass is 932 g/mol. The molecule has 8 nitrogen and oxygen atoms in total. The molecule has 6 heterocycles. The second-order valence-electron chi connectivity index (χ2n) is 13.6. The van der Waals surface area contributed by atoms with Crippen LogP contribution in [0.25, 0.3) is 32.8 Å². The third kappa shape index (κ3) is 5.61. The van der Waals surface area contributed by atoms with Gasteiger partial charge in [-0.1, -0.05) is 0 Å². The standard InChI is InChI=1S/C35H30ClF3N5O3.H3P.H2S.Tl/c1-2-21-23(38)6-4-17-10-20(45)11-22(26(17)21)27-29(36)32-28-31(30(27)39)41-34(47-16-35-8-3-9-43(35)13-18(37)12-35)42-33(28)44-14-19-5-7-24(40-19)25(44)15-46-32;;;/h4,6,10-11,18-19,24-25,40,45H,3,5,7-9,12-16H2;1H3;1H2;/p-1/t18-,19-,24+,25-,35+;;;/m1.../s1. The van der Waals surface area contributed by atoms with Crippen molar-refractivity contribution in [3.05, 3.63) is 46.5 Å². The molecule has 5 aliphatic rings. The molecule has 0 aliphatic carbocycles. The fourth-order valence-electron chi connectivity index (χ4n) is 8.85. The molecule has 2 N–H and O–H groups in total. The van der Waals surface area contributed by atoms with Gasteiger partial charge in [-0.15, -0.1) is 0 Å². The summed E-state index contributed by atoms with van der Waals surface area (Å²) in [5, 5.41) is 15.6. The van der Waals surface area contributed by atoms with Crippen LogP contribution in [0.4, 0.5) is 19.0 Å². The van der Waals surface area contributed by atoms with Crippen molar-refractivity contribution in [2.75, 3.05) is 37.7 Å². The Bertz CT molecular complexity index is 2110. The molecule has 0 radical (unpaired) electrons. The Hall–Kier alpha value is -2.28. The minimum Gasteiger partial charge on any atom is -0.813 e. The molecular weight excluding hydrogens is 898 g/mol. The Morgan fingerprint density at radius 3 is 2.84 bits per heavy atom. The first-order chi connectivity index (χ1) is 23.2. The van der Waals surface area contributed by atoms with Crippen LogP contribution < -0.4 is 19.7 Å². The van der Waals surface area contributed by atoms with E-state index in [2.05, 4.69) is 29.5 Å². The zero-order valence-corrected chi connectivity index (χ0v) is 34.5. The van der Waals surface area contributed by atoms with E-state index in [4.69, 9.17) is 26.1 Å². The predicted molar refractivity (Wildman–Crippen MR) is 197 cm³/mol. The van der Waals surface area contributed by atoms with Gasteiger partial charge in [0.2, 0.25) is 0 Å². The molecule has 6 atom stereocenters. The number of hydrogen-bond donors (Lipinski definition) is 2. The number of rotatable bonds is 4. The van der Waals surface area contributed by atoms with E-state index in [-0.39, 0.29) is 125 Å². The summed E-state index contributed by atoms with van der Waals surface area (Å²) < 4.78 is 62.9. The third-order valence-electron chi connectivity index (χ3n) is 10.9. The number of phenolic OH excluding ortho intramolecular Hbond substituents is 1. The summed E-state index contributed by atoms with van der Waals surface area (Å²) >= 11 is 7.41. The van der Waals surface area contributed by atoms with Crippen LogP contribution in [0.2, 0.25) is 5.02 Å². The second-order valence-corrected chi connectivity index (χ2v) is 15.1. The first-order valence-corrected chi connectivity index (χ1v) is 18.9. The molecular formula is C35H34ClF3N5O3PSTl-. The number of nitrogens with zero attached hydrogens (tertiary/aromatic N) is 4. The van der Waals surface area contributed by atoms with Gasteiger partial charge in [-0.25, -0.2) is 4.39 Å². The number of fused-ring (bicyclic) bond motifs is 7. The Balaban J connectivity index is 0.00000196. The summed E-state index contributed by atoms with van der Waals surface area (Å²) in [6.07, 6.45) is 3.17. The Labute approximate surface area is 318 Å². The average molecular weight is 933 g/mol. The molecule has 0 spiro atoms. The van der Waals surface area contributed by atoms with Crippen LogP contribution in [-0.4, -0.2) is 108 Å². The van der Waals surface area contributed by atoms with Gasteiger partial charge in [0, 0.05) is 19.0 Å². The van der Waals surface area contributed by atoms with E-state index in [1.54, 1.807) is 0 Å². The molecule has 9 rings (SSSR count). The van der Waals surface area contributed by atoms with Crippen molar-refractivity contribution in [1.82, 2.24) is 20.2 Å². The fourth-order valence-corrected chi connectivity index (χ4v) is 9.74. The molecule has 5 aliphatic heterocycles. The van der Waals surface area contributed by atoms with Crippen LogP contribution in [-0.2, 0) is 13.5 Å². The molecule has 0 saturated carbocycles. The number of alkyl halides is 1. The number of aromatic hydroxyl groups is 1. The number of piperazine rings is 1. The zero-order valence-electron chi connectivity index (χ0n) is 27.0. The quantitative estimate of drug-likeness (QED) is 0.0967. The van der Waals surface area contributed by atoms with Gasteiger partial charge in [0.1, 0.15) is 6.17 Å². The number of phenols is 1. The predicted octanol–water partition coefficient (Wildman–Crippen LogP) is 5.01. The molecule has 0 amide bonds. The molecule has 4 fully saturated rings. The van der Waals surface area contributed by atoms with E-state index in [0.717, 1.165) is 32.2 Å². The van der Waals surface area contributed by atoms with Crippen LogP contribution in [0.15, 0.2) is 24.3 Å². The molecule has 1 aromatic heterocycles. The van der Waals surface area contributed by atoms with E-state index < -0.39 is 23.3 Å². The van der Waals surface area contributed by atoms with Crippen LogP contribution in [0.5, 0.6) is 17.5 Å². The molecule has 15 heteroatoms. The molecule has 3 aromatic carbocycles. The van der Waals surface area contributed by atoms with Gasteiger partial charge in [0.15, 0.2) is 0 Å². The van der Waals surface area contributed by atoms with Crippen LogP contribution >= 0.6 is 21.5 Å². The third-order valence-corrected chi connectivity index (χ3v) is 11.8. The average Bonchev–Trinajstić information content (AvgIpc) is 3.69. The summed E-state index contributed by atoms with van der Waals surface area (Å²) in [5.74, 6) is 2.10. The van der Waals surface area contributed by atoms with Crippen molar-refractivity contribution in [2.24, 2.45) is 0 Å². The number of aromatic nitrogens is 2. The van der Waals surface area contributed by atoms with Gasteiger partial charge in [0.05, 0.1) is 5.54 Å². The van der Waals surface area contributed by atoms with Crippen LogP contribution in [0.1, 0.15) is 37.7 Å². The summed E-state index contributed by atoms with van der Waals surface area (Å²) in [6, 6.07) is 5.92. The molecule has 50 heavy (non-hydrogen) atoms. The molecule has 1 unspecified atom stereocenters. The van der Waals surface area contributed by atoms with E-state index in [1.165, 1.54) is 24.3 Å². The van der Waals surface area contributed by atoms with Crippen molar-refractivity contribution < 1.29 is 27.8 Å². The van der Waals surface area contributed by atoms with Gasteiger partial charge in [-0.3, -0.25) is 4.90 Å². The maximum absolute atomic E-state index is 17.3. The summed E-state index contributed by atoms with van der Waals surface area (Å²) in [7, 11) is 0. The number of hydrogen-bond acceptors (Lipinski definition) is 9. The first-order valence-electron chi connectivity index (χ1n) is 16.3. The van der Waals surface area contributed by atoms with Crippen molar-refractivity contribution in [3.8, 4) is 38.0 Å². The minimum atomic E-state index is -0.929. The van der Waals surface area contributed by atoms with Gasteiger partial charge in [0.25, 0.3) is 0 Å². The van der Waals surface area contributed by atoms with E-state index >= 15 is 8.78 Å².